The molecule has 0 aromatic rings. The lowest BCUT2D eigenvalue weighted by atomic mass is 10.1. The SMILES string of the molecule is COCC(C)(O)CNC1CC1. The van der Waals surface area contributed by atoms with E-state index < -0.39 is 5.60 Å². The number of methoxy groups -OCH3 is 1. The molecule has 0 radical (unpaired) electrons. The van der Waals surface area contributed by atoms with Crippen molar-refractivity contribution in [2.75, 3.05) is 20.3 Å². The van der Waals surface area contributed by atoms with Gasteiger partial charge in [0.15, 0.2) is 0 Å². The second-order valence-corrected chi connectivity index (χ2v) is 3.59. The van der Waals surface area contributed by atoms with Crippen LogP contribution in [-0.4, -0.2) is 37.0 Å². The quantitative estimate of drug-likeness (QED) is 0.599. The molecule has 0 aromatic carbocycles. The van der Waals surface area contributed by atoms with Crippen LogP contribution in [0.4, 0.5) is 0 Å². The zero-order valence-electron chi connectivity index (χ0n) is 7.26. The molecule has 3 heteroatoms. The third-order valence-electron chi connectivity index (χ3n) is 1.80. The normalized spacial score (nSPS) is 23.2. The van der Waals surface area contributed by atoms with Crippen LogP contribution in [0.3, 0.4) is 0 Å². The molecular weight excluding hydrogens is 142 g/mol. The van der Waals surface area contributed by atoms with Crippen molar-refractivity contribution in [2.45, 2.75) is 31.4 Å². The molecule has 0 aromatic heterocycles. The number of ether oxygens (including phenoxy) is 1. The predicted octanol–water partition coefficient (Wildman–Crippen LogP) is 0.136. The summed E-state index contributed by atoms with van der Waals surface area (Å²) < 4.78 is 4.87. The molecule has 0 spiro atoms. The van der Waals surface area contributed by atoms with Crippen molar-refractivity contribution >= 4 is 0 Å². The van der Waals surface area contributed by atoms with Gasteiger partial charge in [0.2, 0.25) is 0 Å². The standard InChI is InChI=1S/C8H17NO2/c1-8(10,6-11-2)5-9-7-3-4-7/h7,9-10H,3-6H2,1-2H3. The van der Waals surface area contributed by atoms with Crippen molar-refractivity contribution in [1.82, 2.24) is 5.32 Å². The van der Waals surface area contributed by atoms with E-state index in [9.17, 15) is 5.11 Å². The molecule has 0 bridgehead atoms. The maximum absolute atomic E-state index is 9.60. The smallest absolute Gasteiger partial charge is 0.0975 e. The molecule has 66 valence electrons. The van der Waals surface area contributed by atoms with Crippen LogP contribution in [0, 0.1) is 0 Å². The first-order chi connectivity index (χ1) is 5.14. The van der Waals surface area contributed by atoms with Crippen molar-refractivity contribution in [3.8, 4) is 0 Å². The number of hydrogen-bond donors (Lipinski definition) is 2. The first-order valence-electron chi connectivity index (χ1n) is 4.09. The molecule has 2 N–H and O–H groups in total. The van der Waals surface area contributed by atoms with Crippen molar-refractivity contribution in [1.29, 1.82) is 0 Å². The van der Waals surface area contributed by atoms with Crippen LogP contribution in [-0.2, 0) is 4.74 Å². The fourth-order valence-electron chi connectivity index (χ4n) is 1.01. The van der Waals surface area contributed by atoms with Crippen LogP contribution in [0.15, 0.2) is 0 Å². The summed E-state index contributed by atoms with van der Waals surface area (Å²) in [5.74, 6) is 0. The van der Waals surface area contributed by atoms with Gasteiger partial charge < -0.3 is 15.2 Å². The highest BCUT2D eigenvalue weighted by Gasteiger charge is 2.26. The maximum atomic E-state index is 9.60. The van der Waals surface area contributed by atoms with Gasteiger partial charge in [-0.15, -0.1) is 0 Å². The lowest BCUT2D eigenvalue weighted by Crippen LogP contribution is -2.42. The second-order valence-electron chi connectivity index (χ2n) is 3.59. The molecule has 1 unspecified atom stereocenters. The number of nitrogens with one attached hydrogen (secondary N) is 1. The van der Waals surface area contributed by atoms with Crippen LogP contribution in [0.2, 0.25) is 0 Å². The minimum atomic E-state index is -0.711. The Morgan fingerprint density at radius 3 is 2.73 bits per heavy atom. The summed E-state index contributed by atoms with van der Waals surface area (Å²) in [5, 5.41) is 12.9. The monoisotopic (exact) mass is 159 g/mol. The lowest BCUT2D eigenvalue weighted by molar-refractivity contribution is -0.0156. The van der Waals surface area contributed by atoms with E-state index in [1.807, 2.05) is 0 Å². The third kappa shape index (κ3) is 3.70. The Morgan fingerprint density at radius 2 is 2.27 bits per heavy atom. The highest BCUT2D eigenvalue weighted by atomic mass is 16.5. The van der Waals surface area contributed by atoms with E-state index in [1.54, 1.807) is 14.0 Å². The van der Waals surface area contributed by atoms with Gasteiger partial charge in [0, 0.05) is 19.7 Å². The highest BCUT2D eigenvalue weighted by molar-refractivity contribution is 4.85. The fourth-order valence-corrected chi connectivity index (χ4v) is 1.01. The van der Waals surface area contributed by atoms with E-state index in [-0.39, 0.29) is 0 Å². The molecule has 1 rings (SSSR count). The summed E-state index contributed by atoms with van der Waals surface area (Å²) in [6, 6.07) is 0.651. The molecular formula is C8H17NO2. The largest absolute Gasteiger partial charge is 0.386 e. The number of aliphatic hydroxyl groups is 1. The van der Waals surface area contributed by atoms with Gasteiger partial charge in [-0.2, -0.15) is 0 Å². The summed E-state index contributed by atoms with van der Waals surface area (Å²) >= 11 is 0. The number of hydrogen-bond acceptors (Lipinski definition) is 3. The van der Waals surface area contributed by atoms with E-state index in [2.05, 4.69) is 5.32 Å². The fraction of sp³-hybridized carbons (Fsp3) is 1.00. The minimum Gasteiger partial charge on any atom is -0.386 e. The third-order valence-corrected chi connectivity index (χ3v) is 1.80. The van der Waals surface area contributed by atoms with Crippen molar-refractivity contribution < 1.29 is 9.84 Å². The molecule has 1 fully saturated rings. The van der Waals surface area contributed by atoms with E-state index in [0.717, 1.165) is 0 Å². The Morgan fingerprint density at radius 1 is 1.64 bits per heavy atom. The first-order valence-corrected chi connectivity index (χ1v) is 4.09. The molecule has 0 saturated heterocycles. The summed E-state index contributed by atoms with van der Waals surface area (Å²) in [4.78, 5) is 0. The second kappa shape index (κ2) is 3.52. The van der Waals surface area contributed by atoms with Gasteiger partial charge in [0.25, 0.3) is 0 Å². The summed E-state index contributed by atoms with van der Waals surface area (Å²) in [6.45, 7) is 2.81. The Bertz CT molecular complexity index is 121. The highest BCUT2D eigenvalue weighted by Crippen LogP contribution is 2.19. The minimum absolute atomic E-state index is 0.396. The van der Waals surface area contributed by atoms with Gasteiger partial charge in [0.1, 0.15) is 0 Å². The maximum Gasteiger partial charge on any atom is 0.0975 e. The van der Waals surface area contributed by atoms with Crippen LogP contribution in [0.1, 0.15) is 19.8 Å². The molecule has 11 heavy (non-hydrogen) atoms. The average Bonchev–Trinajstić information content (AvgIpc) is 2.65. The molecule has 1 saturated carbocycles. The van der Waals surface area contributed by atoms with Gasteiger partial charge in [-0.25, -0.2) is 0 Å². The van der Waals surface area contributed by atoms with Crippen LogP contribution < -0.4 is 5.32 Å². The molecule has 0 amide bonds. The van der Waals surface area contributed by atoms with Gasteiger partial charge >= 0.3 is 0 Å². The zero-order valence-corrected chi connectivity index (χ0v) is 7.26. The molecule has 0 heterocycles. The summed E-state index contributed by atoms with van der Waals surface area (Å²) in [5.41, 5.74) is -0.711. The van der Waals surface area contributed by atoms with Gasteiger partial charge in [0.05, 0.1) is 12.2 Å². The Labute approximate surface area is 67.7 Å². The predicted molar refractivity (Wildman–Crippen MR) is 43.5 cm³/mol. The summed E-state index contributed by atoms with van der Waals surface area (Å²) in [7, 11) is 1.60. The molecule has 1 aliphatic rings. The molecule has 3 nitrogen and oxygen atoms in total. The Hall–Kier alpha value is -0.120. The van der Waals surface area contributed by atoms with Crippen molar-refractivity contribution in [3.05, 3.63) is 0 Å². The summed E-state index contributed by atoms with van der Waals surface area (Å²) in [6.07, 6.45) is 2.51. The first kappa shape index (κ1) is 8.97. The van der Waals surface area contributed by atoms with Crippen LogP contribution in [0.5, 0.6) is 0 Å². The average molecular weight is 159 g/mol. The van der Waals surface area contributed by atoms with E-state index in [4.69, 9.17) is 4.74 Å². The van der Waals surface area contributed by atoms with E-state index in [1.165, 1.54) is 12.8 Å². The lowest BCUT2D eigenvalue weighted by Gasteiger charge is -2.22. The van der Waals surface area contributed by atoms with E-state index in [0.29, 0.717) is 19.2 Å². The van der Waals surface area contributed by atoms with Crippen LogP contribution in [0.25, 0.3) is 0 Å². The van der Waals surface area contributed by atoms with Gasteiger partial charge in [-0.3, -0.25) is 0 Å². The molecule has 1 atom stereocenters. The topological polar surface area (TPSA) is 41.5 Å². The van der Waals surface area contributed by atoms with E-state index >= 15 is 0 Å². The van der Waals surface area contributed by atoms with Gasteiger partial charge in [-0.1, -0.05) is 0 Å². The molecule has 1 aliphatic carbocycles. The Balaban J connectivity index is 2.09. The van der Waals surface area contributed by atoms with Crippen molar-refractivity contribution in [3.63, 3.8) is 0 Å². The van der Waals surface area contributed by atoms with Gasteiger partial charge in [-0.05, 0) is 19.8 Å². The van der Waals surface area contributed by atoms with Crippen LogP contribution >= 0.6 is 0 Å². The molecule has 0 aliphatic heterocycles. The zero-order chi connectivity index (χ0) is 8.32. The Kier molecular flexibility index (Phi) is 2.87. The van der Waals surface area contributed by atoms with Crippen molar-refractivity contribution in [2.24, 2.45) is 0 Å². The number of rotatable bonds is 5.